The van der Waals surface area contributed by atoms with Gasteiger partial charge in [-0.15, -0.1) is 0 Å². The molecular formula is C22H22N6O2. The summed E-state index contributed by atoms with van der Waals surface area (Å²) in [5, 5.41) is 6.83. The molecule has 1 aromatic carbocycles. The number of aromatic nitrogens is 5. The largest absolute Gasteiger partial charge is 0.351 e. The Morgan fingerprint density at radius 3 is 2.83 bits per heavy atom. The van der Waals surface area contributed by atoms with Crippen LogP contribution < -0.4 is 5.32 Å². The van der Waals surface area contributed by atoms with Gasteiger partial charge in [-0.1, -0.05) is 42.4 Å². The van der Waals surface area contributed by atoms with Crippen molar-refractivity contribution >= 4 is 5.91 Å². The molecule has 0 atom stereocenters. The third kappa shape index (κ3) is 4.60. The van der Waals surface area contributed by atoms with E-state index in [4.69, 9.17) is 4.52 Å². The summed E-state index contributed by atoms with van der Waals surface area (Å²) in [5.41, 5.74) is 2.36. The molecule has 0 bridgehead atoms. The monoisotopic (exact) mass is 402 g/mol. The molecule has 0 saturated carbocycles. The maximum atomic E-state index is 12.4. The lowest BCUT2D eigenvalue weighted by molar-refractivity contribution is 0.0948. The van der Waals surface area contributed by atoms with Gasteiger partial charge in [0, 0.05) is 30.9 Å². The fourth-order valence-electron chi connectivity index (χ4n) is 3.00. The second-order valence-electron chi connectivity index (χ2n) is 6.78. The van der Waals surface area contributed by atoms with E-state index in [0.29, 0.717) is 36.2 Å². The Morgan fingerprint density at radius 2 is 2.03 bits per heavy atom. The van der Waals surface area contributed by atoms with Gasteiger partial charge in [-0.25, -0.2) is 9.97 Å². The summed E-state index contributed by atoms with van der Waals surface area (Å²) in [4.78, 5) is 25.3. The molecule has 0 aliphatic carbocycles. The van der Waals surface area contributed by atoms with Crippen molar-refractivity contribution in [2.75, 3.05) is 6.54 Å². The quantitative estimate of drug-likeness (QED) is 0.454. The number of carbonyl (C=O) groups excluding carboxylic acids is 1. The van der Waals surface area contributed by atoms with E-state index >= 15 is 0 Å². The number of carbonyl (C=O) groups is 1. The average Bonchev–Trinajstić information content (AvgIpc) is 3.47. The minimum Gasteiger partial charge on any atom is -0.351 e. The molecule has 0 aliphatic rings. The zero-order valence-corrected chi connectivity index (χ0v) is 16.7. The van der Waals surface area contributed by atoms with Gasteiger partial charge in [0.15, 0.2) is 5.82 Å². The van der Waals surface area contributed by atoms with Gasteiger partial charge >= 0.3 is 0 Å². The predicted octanol–water partition coefficient (Wildman–Crippen LogP) is 3.24. The van der Waals surface area contributed by atoms with Gasteiger partial charge in [0.1, 0.15) is 17.8 Å². The Bertz CT molecular complexity index is 1120. The number of pyridine rings is 1. The molecule has 4 aromatic rings. The number of nitrogens with one attached hydrogen (secondary N) is 1. The van der Waals surface area contributed by atoms with Crippen molar-refractivity contribution in [2.45, 2.75) is 26.2 Å². The first-order valence-electron chi connectivity index (χ1n) is 9.88. The summed E-state index contributed by atoms with van der Waals surface area (Å²) in [6, 6.07) is 13.8. The first-order chi connectivity index (χ1) is 14.7. The average molecular weight is 402 g/mol. The van der Waals surface area contributed by atoms with Gasteiger partial charge in [-0.3, -0.25) is 9.36 Å². The molecule has 3 heterocycles. The highest BCUT2D eigenvalue weighted by atomic mass is 16.5. The zero-order chi connectivity index (χ0) is 20.8. The first kappa shape index (κ1) is 19.5. The van der Waals surface area contributed by atoms with Gasteiger partial charge in [0.05, 0.1) is 0 Å². The summed E-state index contributed by atoms with van der Waals surface area (Å²) in [6.45, 7) is 2.55. The third-order valence-electron chi connectivity index (χ3n) is 4.63. The number of hydrogen-bond donors (Lipinski definition) is 1. The normalized spacial score (nSPS) is 10.8. The highest BCUT2D eigenvalue weighted by Crippen LogP contribution is 2.19. The molecule has 0 radical (unpaired) electrons. The molecule has 0 spiro atoms. The Hall–Kier alpha value is -3.81. The fraction of sp³-hybridized carbons (Fsp3) is 0.227. The number of aryl methyl sites for hydroxylation is 2. The summed E-state index contributed by atoms with van der Waals surface area (Å²) >= 11 is 0. The molecule has 3 aromatic heterocycles. The number of benzene rings is 1. The SMILES string of the molecule is CCc1noc(-c2ccnc(-n3cnc(C(=O)NCCCc4ccccc4)c3)c2)n1. The van der Waals surface area contributed by atoms with Crippen LogP contribution in [0.1, 0.15) is 35.2 Å². The van der Waals surface area contributed by atoms with E-state index in [-0.39, 0.29) is 5.91 Å². The highest BCUT2D eigenvalue weighted by molar-refractivity contribution is 5.92. The van der Waals surface area contributed by atoms with Crippen LogP contribution in [0.4, 0.5) is 0 Å². The molecule has 8 nitrogen and oxygen atoms in total. The lowest BCUT2D eigenvalue weighted by Crippen LogP contribution is -2.25. The molecule has 4 rings (SSSR count). The van der Waals surface area contributed by atoms with Crippen LogP contribution in [0.5, 0.6) is 0 Å². The predicted molar refractivity (Wildman–Crippen MR) is 111 cm³/mol. The minimum atomic E-state index is -0.206. The van der Waals surface area contributed by atoms with Gasteiger partial charge in [0.25, 0.3) is 11.8 Å². The Labute approximate surface area is 174 Å². The van der Waals surface area contributed by atoms with Crippen LogP contribution in [0.2, 0.25) is 0 Å². The van der Waals surface area contributed by atoms with Crippen LogP contribution >= 0.6 is 0 Å². The standard InChI is InChI=1S/C22H22N6O2/c1-2-19-26-22(30-27-19)17-10-12-23-20(13-17)28-14-18(25-15-28)21(29)24-11-6-9-16-7-4-3-5-8-16/h3-5,7-8,10,12-15H,2,6,9,11H2,1H3,(H,24,29). The minimum absolute atomic E-state index is 0.206. The van der Waals surface area contributed by atoms with Crippen LogP contribution in [0.25, 0.3) is 17.3 Å². The number of nitrogens with zero attached hydrogens (tertiary/aromatic N) is 5. The Kier molecular flexibility index (Phi) is 5.93. The molecular weight excluding hydrogens is 380 g/mol. The molecule has 1 N–H and O–H groups in total. The van der Waals surface area contributed by atoms with Gasteiger partial charge < -0.3 is 9.84 Å². The van der Waals surface area contributed by atoms with E-state index in [2.05, 4.69) is 37.6 Å². The van der Waals surface area contributed by atoms with E-state index in [1.807, 2.05) is 31.2 Å². The lowest BCUT2D eigenvalue weighted by atomic mass is 10.1. The highest BCUT2D eigenvalue weighted by Gasteiger charge is 2.12. The Balaban J connectivity index is 1.37. The van der Waals surface area contributed by atoms with Gasteiger partial charge in [-0.2, -0.15) is 4.98 Å². The number of amides is 1. The van der Waals surface area contributed by atoms with Crippen molar-refractivity contribution in [3.8, 4) is 17.3 Å². The van der Waals surface area contributed by atoms with Gasteiger partial charge in [-0.05, 0) is 30.5 Å². The second kappa shape index (κ2) is 9.13. The fourth-order valence-corrected chi connectivity index (χ4v) is 3.00. The zero-order valence-electron chi connectivity index (χ0n) is 16.7. The first-order valence-corrected chi connectivity index (χ1v) is 9.88. The van der Waals surface area contributed by atoms with E-state index in [9.17, 15) is 4.79 Å². The van der Waals surface area contributed by atoms with E-state index in [1.54, 1.807) is 29.4 Å². The maximum absolute atomic E-state index is 12.4. The molecule has 0 unspecified atom stereocenters. The van der Waals surface area contributed by atoms with Crippen molar-refractivity contribution in [3.05, 3.63) is 78.3 Å². The number of imidazole rings is 1. The molecule has 0 aliphatic heterocycles. The molecule has 30 heavy (non-hydrogen) atoms. The van der Waals surface area contributed by atoms with Crippen LogP contribution in [-0.4, -0.2) is 37.1 Å². The van der Waals surface area contributed by atoms with Crippen molar-refractivity contribution in [2.24, 2.45) is 0 Å². The summed E-state index contributed by atoms with van der Waals surface area (Å²) < 4.78 is 6.98. The summed E-state index contributed by atoms with van der Waals surface area (Å²) in [6.07, 6.45) is 7.36. The van der Waals surface area contributed by atoms with Crippen molar-refractivity contribution in [1.29, 1.82) is 0 Å². The van der Waals surface area contributed by atoms with Crippen molar-refractivity contribution in [1.82, 2.24) is 30.0 Å². The smallest absolute Gasteiger partial charge is 0.271 e. The van der Waals surface area contributed by atoms with Crippen LogP contribution in [0.15, 0.2) is 65.7 Å². The van der Waals surface area contributed by atoms with E-state index < -0.39 is 0 Å². The van der Waals surface area contributed by atoms with Crippen LogP contribution in [-0.2, 0) is 12.8 Å². The third-order valence-corrected chi connectivity index (χ3v) is 4.63. The molecule has 0 fully saturated rings. The van der Waals surface area contributed by atoms with Crippen LogP contribution in [0, 0.1) is 0 Å². The number of rotatable bonds is 8. The second-order valence-corrected chi connectivity index (χ2v) is 6.78. The number of hydrogen-bond acceptors (Lipinski definition) is 6. The molecule has 152 valence electrons. The summed E-state index contributed by atoms with van der Waals surface area (Å²) in [7, 11) is 0. The summed E-state index contributed by atoms with van der Waals surface area (Å²) in [5.74, 6) is 1.49. The molecule has 1 amide bonds. The van der Waals surface area contributed by atoms with E-state index in [1.165, 1.54) is 5.56 Å². The lowest BCUT2D eigenvalue weighted by Gasteiger charge is -2.04. The van der Waals surface area contributed by atoms with Gasteiger partial charge in [0.2, 0.25) is 0 Å². The topological polar surface area (TPSA) is 98.7 Å². The molecule has 0 saturated heterocycles. The van der Waals surface area contributed by atoms with Crippen molar-refractivity contribution < 1.29 is 9.32 Å². The van der Waals surface area contributed by atoms with E-state index in [0.717, 1.165) is 18.4 Å². The van der Waals surface area contributed by atoms with Crippen molar-refractivity contribution in [3.63, 3.8) is 0 Å². The van der Waals surface area contributed by atoms with Crippen LogP contribution in [0.3, 0.4) is 0 Å². The Morgan fingerprint density at radius 1 is 1.17 bits per heavy atom. The molecule has 8 heteroatoms. The maximum Gasteiger partial charge on any atom is 0.271 e.